The van der Waals surface area contributed by atoms with Gasteiger partial charge in [-0.1, -0.05) is 18.2 Å². The predicted molar refractivity (Wildman–Crippen MR) is 90.8 cm³/mol. The number of carbonyl (C=O) groups is 2. The fraction of sp³-hybridized carbons (Fsp3) is 0.294. The van der Waals surface area contributed by atoms with E-state index in [1.807, 2.05) is 28.8 Å². The average Bonchev–Trinajstić information content (AvgIpc) is 3.20. The molecule has 1 saturated carbocycles. The Bertz CT molecular complexity index is 891. The average molecular weight is 338 g/mol. The molecule has 0 unspecified atom stereocenters. The summed E-state index contributed by atoms with van der Waals surface area (Å²) >= 11 is 0. The quantitative estimate of drug-likeness (QED) is 0.627. The van der Waals surface area contributed by atoms with Crippen LogP contribution >= 0.6 is 0 Å². The number of aromatic amines is 1. The molecule has 3 aromatic rings. The van der Waals surface area contributed by atoms with Crippen molar-refractivity contribution in [2.24, 2.45) is 0 Å². The van der Waals surface area contributed by atoms with E-state index in [2.05, 4.69) is 25.8 Å². The van der Waals surface area contributed by atoms with Crippen LogP contribution in [0.4, 0.5) is 0 Å². The predicted octanol–water partition coefficient (Wildman–Crippen LogP) is 1.14. The number of nitrogens with zero attached hydrogens (tertiary/aromatic N) is 3. The van der Waals surface area contributed by atoms with Crippen LogP contribution in [0.2, 0.25) is 0 Å². The van der Waals surface area contributed by atoms with E-state index in [-0.39, 0.29) is 18.4 Å². The molecule has 4 rings (SSSR count). The van der Waals surface area contributed by atoms with E-state index in [1.54, 1.807) is 12.4 Å². The van der Waals surface area contributed by atoms with Crippen LogP contribution in [-0.4, -0.2) is 38.1 Å². The Labute approximate surface area is 143 Å². The molecule has 8 heteroatoms. The van der Waals surface area contributed by atoms with Gasteiger partial charge in [0, 0.05) is 16.9 Å². The number of aromatic nitrogens is 4. The molecule has 1 aromatic carbocycles. The standard InChI is InChI=1S/C17H18N6O2/c24-16(18-8-15-22-20-10-23(15)12-5-6-12)9-19-17(25)14-7-11-3-1-2-4-13(11)21-14/h1-4,7,10,12,21H,5-6,8-9H2,(H,18,24)(H,19,25). The number of fused-ring (bicyclic) bond motifs is 1. The first-order chi connectivity index (χ1) is 12.2. The highest BCUT2D eigenvalue weighted by atomic mass is 16.2. The van der Waals surface area contributed by atoms with Crippen molar-refractivity contribution in [2.75, 3.05) is 6.54 Å². The van der Waals surface area contributed by atoms with Crippen molar-refractivity contribution in [1.82, 2.24) is 30.4 Å². The molecule has 0 atom stereocenters. The Hall–Kier alpha value is -3.16. The smallest absolute Gasteiger partial charge is 0.268 e. The summed E-state index contributed by atoms with van der Waals surface area (Å²) in [7, 11) is 0. The Morgan fingerprint density at radius 1 is 1.24 bits per heavy atom. The zero-order chi connectivity index (χ0) is 17.2. The molecule has 1 aliphatic carbocycles. The lowest BCUT2D eigenvalue weighted by molar-refractivity contribution is -0.120. The van der Waals surface area contributed by atoms with Gasteiger partial charge in [0.05, 0.1) is 13.1 Å². The normalized spacial score (nSPS) is 13.8. The maximum atomic E-state index is 12.2. The van der Waals surface area contributed by atoms with Gasteiger partial charge in [0.1, 0.15) is 12.0 Å². The molecule has 0 bridgehead atoms. The summed E-state index contributed by atoms with van der Waals surface area (Å²) in [6.45, 7) is 0.212. The second-order valence-electron chi connectivity index (χ2n) is 6.12. The van der Waals surface area contributed by atoms with Gasteiger partial charge in [0.25, 0.3) is 5.91 Å². The second-order valence-corrected chi connectivity index (χ2v) is 6.12. The monoisotopic (exact) mass is 338 g/mol. The van der Waals surface area contributed by atoms with Gasteiger partial charge in [0.15, 0.2) is 5.82 Å². The first kappa shape index (κ1) is 15.4. The number of para-hydroxylation sites is 1. The zero-order valence-corrected chi connectivity index (χ0v) is 13.5. The summed E-state index contributed by atoms with van der Waals surface area (Å²) < 4.78 is 1.99. The molecular weight excluding hydrogens is 320 g/mol. The van der Waals surface area contributed by atoms with Crippen molar-refractivity contribution in [1.29, 1.82) is 0 Å². The Morgan fingerprint density at radius 3 is 2.88 bits per heavy atom. The Kier molecular flexibility index (Phi) is 3.93. The molecule has 0 saturated heterocycles. The highest BCUT2D eigenvalue weighted by molar-refractivity contribution is 5.99. The molecule has 0 radical (unpaired) electrons. The van der Waals surface area contributed by atoms with E-state index >= 15 is 0 Å². The SMILES string of the molecule is O=C(CNC(=O)c1cc2ccccc2[nH]1)NCc1nncn1C1CC1. The number of amides is 2. The van der Waals surface area contributed by atoms with E-state index in [4.69, 9.17) is 0 Å². The molecule has 2 aromatic heterocycles. The lowest BCUT2D eigenvalue weighted by Crippen LogP contribution is -2.37. The summed E-state index contributed by atoms with van der Waals surface area (Å²) in [4.78, 5) is 27.1. The van der Waals surface area contributed by atoms with E-state index in [1.165, 1.54) is 0 Å². The third-order valence-corrected chi connectivity index (χ3v) is 4.22. The van der Waals surface area contributed by atoms with Crippen LogP contribution in [0.3, 0.4) is 0 Å². The van der Waals surface area contributed by atoms with Crippen LogP contribution in [0.1, 0.15) is 35.2 Å². The summed E-state index contributed by atoms with van der Waals surface area (Å²) in [6.07, 6.45) is 3.94. The first-order valence-corrected chi connectivity index (χ1v) is 8.22. The van der Waals surface area contributed by atoms with Crippen molar-refractivity contribution < 1.29 is 9.59 Å². The van der Waals surface area contributed by atoms with Crippen molar-refractivity contribution in [3.63, 3.8) is 0 Å². The molecule has 2 amide bonds. The highest BCUT2D eigenvalue weighted by Gasteiger charge is 2.26. The first-order valence-electron chi connectivity index (χ1n) is 8.22. The van der Waals surface area contributed by atoms with Gasteiger partial charge >= 0.3 is 0 Å². The van der Waals surface area contributed by atoms with E-state index in [0.29, 0.717) is 18.3 Å². The van der Waals surface area contributed by atoms with Gasteiger partial charge in [-0.15, -0.1) is 10.2 Å². The summed E-state index contributed by atoms with van der Waals surface area (Å²) in [5, 5.41) is 14.2. The van der Waals surface area contributed by atoms with Crippen LogP contribution in [0.25, 0.3) is 10.9 Å². The van der Waals surface area contributed by atoms with Crippen LogP contribution in [0.15, 0.2) is 36.7 Å². The van der Waals surface area contributed by atoms with Crippen LogP contribution < -0.4 is 10.6 Å². The number of hydrogen-bond acceptors (Lipinski definition) is 4. The molecule has 0 spiro atoms. The third kappa shape index (κ3) is 3.37. The number of rotatable bonds is 6. The minimum Gasteiger partial charge on any atom is -0.351 e. The molecule has 128 valence electrons. The van der Waals surface area contributed by atoms with Gasteiger partial charge in [-0.25, -0.2) is 0 Å². The van der Waals surface area contributed by atoms with Crippen LogP contribution in [-0.2, 0) is 11.3 Å². The maximum absolute atomic E-state index is 12.2. The molecule has 3 N–H and O–H groups in total. The maximum Gasteiger partial charge on any atom is 0.268 e. The van der Waals surface area contributed by atoms with Crippen LogP contribution in [0, 0.1) is 0 Å². The Morgan fingerprint density at radius 2 is 2.08 bits per heavy atom. The zero-order valence-electron chi connectivity index (χ0n) is 13.5. The molecule has 8 nitrogen and oxygen atoms in total. The van der Waals surface area contributed by atoms with E-state index in [0.717, 1.165) is 29.6 Å². The third-order valence-electron chi connectivity index (χ3n) is 4.22. The highest BCUT2D eigenvalue weighted by Crippen LogP contribution is 2.35. The summed E-state index contributed by atoms with van der Waals surface area (Å²) in [6, 6.07) is 9.85. The molecule has 0 aliphatic heterocycles. The molecule has 1 fully saturated rings. The van der Waals surface area contributed by atoms with Crippen molar-refractivity contribution >= 4 is 22.7 Å². The van der Waals surface area contributed by atoms with Gasteiger partial charge < -0.3 is 20.2 Å². The molecule has 2 heterocycles. The number of benzene rings is 1. The lowest BCUT2D eigenvalue weighted by atomic mass is 10.2. The van der Waals surface area contributed by atoms with Crippen molar-refractivity contribution in [2.45, 2.75) is 25.4 Å². The molecule has 25 heavy (non-hydrogen) atoms. The van der Waals surface area contributed by atoms with E-state index in [9.17, 15) is 9.59 Å². The Balaban J connectivity index is 1.29. The van der Waals surface area contributed by atoms with Crippen LogP contribution in [0.5, 0.6) is 0 Å². The largest absolute Gasteiger partial charge is 0.351 e. The number of H-pyrrole nitrogens is 1. The minimum atomic E-state index is -0.313. The number of nitrogens with one attached hydrogen (secondary N) is 3. The minimum absolute atomic E-state index is 0.0915. The van der Waals surface area contributed by atoms with Crippen molar-refractivity contribution in [3.8, 4) is 0 Å². The molecule has 1 aliphatic rings. The molecular formula is C17H18N6O2. The van der Waals surface area contributed by atoms with Gasteiger partial charge in [0.2, 0.25) is 5.91 Å². The number of carbonyl (C=O) groups excluding carboxylic acids is 2. The fourth-order valence-electron chi connectivity index (χ4n) is 2.74. The van der Waals surface area contributed by atoms with Gasteiger partial charge in [-0.05, 0) is 25.0 Å². The van der Waals surface area contributed by atoms with E-state index < -0.39 is 0 Å². The topological polar surface area (TPSA) is 105 Å². The lowest BCUT2D eigenvalue weighted by Gasteiger charge is -2.07. The summed E-state index contributed by atoms with van der Waals surface area (Å²) in [5.41, 5.74) is 1.32. The number of hydrogen-bond donors (Lipinski definition) is 3. The summed E-state index contributed by atoms with van der Waals surface area (Å²) in [5.74, 6) is 0.153. The van der Waals surface area contributed by atoms with Gasteiger partial charge in [-0.3, -0.25) is 9.59 Å². The van der Waals surface area contributed by atoms with Crippen molar-refractivity contribution in [3.05, 3.63) is 48.2 Å². The second kappa shape index (κ2) is 6.39. The van der Waals surface area contributed by atoms with Gasteiger partial charge in [-0.2, -0.15) is 0 Å². The fourth-order valence-corrected chi connectivity index (χ4v) is 2.74.